The summed E-state index contributed by atoms with van der Waals surface area (Å²) in [4.78, 5) is 10.5. The van der Waals surface area contributed by atoms with Crippen LogP contribution in [0.4, 0.5) is 4.39 Å². The van der Waals surface area contributed by atoms with Crippen molar-refractivity contribution in [1.29, 1.82) is 0 Å². The zero-order valence-corrected chi connectivity index (χ0v) is 41.5. The molecule has 6 heteroatoms. The monoisotopic (exact) mass is 1030 g/mol. The predicted octanol–water partition coefficient (Wildman–Crippen LogP) is 15.6. The Kier molecular flexibility index (Phi) is 12.4. The summed E-state index contributed by atoms with van der Waals surface area (Å²) in [5.74, 6) is 0.603. The molecule has 8 rings (SSSR count). The Balaban J connectivity index is 0.00000612. The zero-order valence-electron chi connectivity index (χ0n) is 39.2. The Hall–Kier alpha value is -5.64. The van der Waals surface area contributed by atoms with Crippen LogP contribution in [-0.4, -0.2) is 19.6 Å². The molecule has 0 aliphatic carbocycles. The molecule has 0 aliphatic heterocycles. The maximum Gasteiger partial charge on any atom is 0.148 e. The number of nitrogens with zero attached hydrogens (tertiary/aromatic N) is 3. The summed E-state index contributed by atoms with van der Waals surface area (Å²) in [5, 5.41) is 12.6. The van der Waals surface area contributed by atoms with Gasteiger partial charge in [-0.1, -0.05) is 173 Å². The summed E-state index contributed by atoms with van der Waals surface area (Å²) in [5.41, 5.74) is 13.5. The predicted molar refractivity (Wildman–Crippen MR) is 261 cm³/mol. The van der Waals surface area contributed by atoms with E-state index in [-0.39, 0.29) is 54.3 Å². The number of pyridine rings is 1. The number of aromatic nitrogens is 3. The number of phenolic OH excluding ortho intramolecular Hbond substituents is 1. The average Bonchev–Trinajstić information content (AvgIpc) is 3.61. The van der Waals surface area contributed by atoms with E-state index in [0.29, 0.717) is 22.6 Å². The number of halogens is 1. The molecule has 64 heavy (non-hydrogen) atoms. The van der Waals surface area contributed by atoms with Crippen molar-refractivity contribution < 1.29 is 30.6 Å². The van der Waals surface area contributed by atoms with Crippen LogP contribution in [-0.2, 0) is 42.7 Å². The van der Waals surface area contributed by atoms with E-state index in [2.05, 4.69) is 173 Å². The minimum Gasteiger partial charge on any atom is -0.507 e. The average molecular weight is 1030 g/mol. The van der Waals surface area contributed by atoms with Gasteiger partial charge in [-0.15, -0.1) is 29.8 Å². The van der Waals surface area contributed by atoms with Gasteiger partial charge < -0.3 is 5.11 Å². The first kappa shape index (κ1) is 46.4. The van der Waals surface area contributed by atoms with Gasteiger partial charge in [-0.25, -0.2) is 9.37 Å². The summed E-state index contributed by atoms with van der Waals surface area (Å²) in [6.45, 7) is 26.5. The second kappa shape index (κ2) is 17.1. The molecule has 330 valence electrons. The third-order valence-corrected chi connectivity index (χ3v) is 12.1. The van der Waals surface area contributed by atoms with Gasteiger partial charge >= 0.3 is 0 Å². The van der Waals surface area contributed by atoms with Crippen LogP contribution in [0.2, 0.25) is 0 Å². The van der Waals surface area contributed by atoms with Crippen LogP contribution in [0.15, 0.2) is 134 Å². The van der Waals surface area contributed by atoms with Crippen molar-refractivity contribution in [2.75, 3.05) is 0 Å². The molecule has 0 unspecified atom stereocenters. The van der Waals surface area contributed by atoms with Gasteiger partial charge in [-0.05, 0) is 80.3 Å². The van der Waals surface area contributed by atoms with Gasteiger partial charge in [0.1, 0.15) is 17.4 Å². The summed E-state index contributed by atoms with van der Waals surface area (Å²) >= 11 is 0. The van der Waals surface area contributed by atoms with Crippen molar-refractivity contribution in [3.8, 4) is 67.5 Å². The number of benzene rings is 6. The van der Waals surface area contributed by atoms with Gasteiger partial charge in [0.15, 0.2) is 0 Å². The molecule has 1 N–H and O–H groups in total. The van der Waals surface area contributed by atoms with Crippen LogP contribution >= 0.6 is 0 Å². The van der Waals surface area contributed by atoms with Gasteiger partial charge in [-0.3, -0.25) is 9.55 Å². The van der Waals surface area contributed by atoms with Gasteiger partial charge in [0.05, 0.1) is 22.3 Å². The Morgan fingerprint density at radius 3 is 1.84 bits per heavy atom. The third-order valence-electron chi connectivity index (χ3n) is 12.1. The first-order chi connectivity index (χ1) is 29.6. The Morgan fingerprint density at radius 2 is 1.19 bits per heavy atom. The quantitative estimate of drug-likeness (QED) is 0.169. The van der Waals surface area contributed by atoms with E-state index in [1.165, 1.54) is 11.6 Å². The van der Waals surface area contributed by atoms with Gasteiger partial charge in [0.2, 0.25) is 0 Å². The van der Waals surface area contributed by atoms with Crippen molar-refractivity contribution in [1.82, 2.24) is 14.5 Å². The van der Waals surface area contributed by atoms with E-state index in [4.69, 9.17) is 9.97 Å². The number of phenols is 1. The second-order valence-electron chi connectivity index (χ2n) is 21.0. The summed E-state index contributed by atoms with van der Waals surface area (Å²) in [6.07, 6.45) is 1.73. The van der Waals surface area contributed by atoms with Crippen molar-refractivity contribution in [3.05, 3.63) is 168 Å². The van der Waals surface area contributed by atoms with Crippen molar-refractivity contribution in [2.24, 2.45) is 0 Å². The molecule has 0 spiro atoms. The molecule has 2 heterocycles. The van der Waals surface area contributed by atoms with Gasteiger partial charge in [0, 0.05) is 49.6 Å². The van der Waals surface area contributed by atoms with Crippen LogP contribution < -0.4 is 0 Å². The van der Waals surface area contributed by atoms with Crippen LogP contribution in [0.5, 0.6) is 5.75 Å². The minimum atomic E-state index is -0.349. The molecule has 0 saturated carbocycles. The van der Waals surface area contributed by atoms with E-state index < -0.39 is 0 Å². The van der Waals surface area contributed by atoms with Crippen LogP contribution in [0.3, 0.4) is 0 Å². The molecular weight excluding hydrogens is 969 g/mol. The fourth-order valence-electron chi connectivity index (χ4n) is 8.53. The zero-order chi connectivity index (χ0) is 45.2. The van der Waals surface area contributed by atoms with E-state index >= 15 is 4.39 Å². The molecule has 0 atom stereocenters. The Bertz CT molecular complexity index is 3010. The standard InChI is InChI=1S/C58H59FN3O.Pt/c1-55(2,3)40-25-27-49(43(33-40)36-19-14-13-15-20-36)62-50-28-26-45(57(7,8)9)51(52(50)61-54(62)44-34-41(56(4,5)6)35-46(53(44)63)58(10,11)12)39-22-18-21-38(31-39)48-32-37(29-30-60-48)42-23-16-17-24-47(42)59;/h13-30,32-35,63H,1-12H3;/q-1;. The number of fused-ring (bicyclic) bond motifs is 1. The van der Waals surface area contributed by atoms with Crippen molar-refractivity contribution >= 4 is 11.0 Å². The molecule has 4 nitrogen and oxygen atoms in total. The molecular formula is C58H59FN3OPt-. The molecule has 0 radical (unpaired) electrons. The number of imidazole rings is 1. The van der Waals surface area contributed by atoms with E-state index in [1.54, 1.807) is 18.3 Å². The third kappa shape index (κ3) is 8.89. The van der Waals surface area contributed by atoms with E-state index in [9.17, 15) is 5.11 Å². The largest absolute Gasteiger partial charge is 0.507 e. The van der Waals surface area contributed by atoms with Crippen molar-refractivity contribution in [2.45, 2.75) is 105 Å². The van der Waals surface area contributed by atoms with Crippen molar-refractivity contribution in [3.63, 3.8) is 0 Å². The number of hydrogen-bond donors (Lipinski definition) is 1. The minimum absolute atomic E-state index is 0. The molecule has 2 aromatic heterocycles. The fraction of sp³-hybridized carbons (Fsp3) is 0.276. The smallest absolute Gasteiger partial charge is 0.148 e. The molecule has 8 aromatic rings. The van der Waals surface area contributed by atoms with Gasteiger partial charge in [-0.2, -0.15) is 0 Å². The van der Waals surface area contributed by atoms with Crippen LogP contribution in [0, 0.1) is 11.9 Å². The Morgan fingerprint density at radius 1 is 0.547 bits per heavy atom. The molecule has 0 bridgehead atoms. The first-order valence-corrected chi connectivity index (χ1v) is 22.0. The number of rotatable bonds is 6. The molecule has 0 amide bonds. The molecule has 6 aromatic carbocycles. The number of aromatic hydroxyl groups is 1. The summed E-state index contributed by atoms with van der Waals surface area (Å²) < 4.78 is 17.3. The SMILES string of the molecule is CC(C)(C)c1ccc(-n2c(-c3cc(C(C)(C)C)cc(C(C)(C)C)c3O)nc3c(-c4[c-]c(-c5cc(-c6ccccc6F)ccn5)ccc4)c(C(C)(C)C)ccc32)c(-c2ccccc2)c1.[Pt]. The normalized spacial score (nSPS) is 12.4. The van der Waals surface area contributed by atoms with E-state index in [1.807, 2.05) is 30.3 Å². The van der Waals surface area contributed by atoms with E-state index in [0.717, 1.165) is 66.8 Å². The number of hydrogen-bond acceptors (Lipinski definition) is 3. The first-order valence-electron chi connectivity index (χ1n) is 22.0. The molecule has 0 saturated heterocycles. The topological polar surface area (TPSA) is 50.9 Å². The summed E-state index contributed by atoms with van der Waals surface area (Å²) in [6, 6.07) is 46.5. The summed E-state index contributed by atoms with van der Waals surface area (Å²) in [7, 11) is 0. The maximum atomic E-state index is 15.0. The fourth-order valence-corrected chi connectivity index (χ4v) is 8.53. The Labute approximate surface area is 394 Å². The molecule has 0 fully saturated rings. The second-order valence-corrected chi connectivity index (χ2v) is 21.0. The van der Waals surface area contributed by atoms with Crippen LogP contribution in [0.1, 0.15) is 105 Å². The van der Waals surface area contributed by atoms with Gasteiger partial charge in [0.25, 0.3) is 0 Å². The molecule has 0 aliphatic rings. The van der Waals surface area contributed by atoms with Crippen LogP contribution in [0.25, 0.3) is 72.7 Å². The maximum absolute atomic E-state index is 15.0.